The normalized spacial score (nSPS) is 12.6. The number of esters is 1. The van der Waals surface area contributed by atoms with Crippen molar-refractivity contribution >= 4 is 41.2 Å². The Morgan fingerprint density at radius 3 is 2.35 bits per heavy atom. The molecule has 0 bridgehead atoms. The number of rotatable bonds is 5. The number of allylic oxidation sites excluding steroid dienone is 1. The molecule has 9 heteroatoms. The van der Waals surface area contributed by atoms with Crippen LogP contribution in [0.4, 0.5) is 13.2 Å². The minimum Gasteiger partial charge on any atom is -0.462 e. The zero-order valence-electron chi connectivity index (χ0n) is 16.9. The van der Waals surface area contributed by atoms with Crippen LogP contribution in [-0.4, -0.2) is 25.2 Å². The van der Waals surface area contributed by atoms with Crippen LogP contribution >= 0.6 is 23.2 Å². The van der Waals surface area contributed by atoms with Crippen molar-refractivity contribution in [2.75, 3.05) is 7.11 Å². The maximum atomic E-state index is 13.7. The molecule has 2 aromatic carbocycles. The van der Waals surface area contributed by atoms with Crippen molar-refractivity contribution in [3.05, 3.63) is 74.3 Å². The fourth-order valence-electron chi connectivity index (χ4n) is 2.79. The van der Waals surface area contributed by atoms with Gasteiger partial charge < -0.3 is 10.1 Å². The van der Waals surface area contributed by atoms with Gasteiger partial charge in [0.05, 0.1) is 13.0 Å². The summed E-state index contributed by atoms with van der Waals surface area (Å²) >= 11 is 12.2. The van der Waals surface area contributed by atoms with Crippen LogP contribution in [0.3, 0.4) is 0 Å². The molecular formula is C22H20Cl2F3NO3. The molecule has 31 heavy (non-hydrogen) atoms. The van der Waals surface area contributed by atoms with E-state index in [2.05, 4.69) is 10.1 Å². The van der Waals surface area contributed by atoms with Gasteiger partial charge in [0.2, 0.25) is 0 Å². The minimum atomic E-state index is -4.51. The summed E-state index contributed by atoms with van der Waals surface area (Å²) in [4.78, 5) is 22.5. The number of carbonyl (C=O) groups is 2. The van der Waals surface area contributed by atoms with Gasteiger partial charge in [-0.15, -0.1) is 0 Å². The average molecular weight is 474 g/mol. The molecular weight excluding hydrogens is 454 g/mol. The average Bonchev–Trinajstić information content (AvgIpc) is 2.69. The molecule has 2 rings (SSSR count). The summed E-state index contributed by atoms with van der Waals surface area (Å²) in [6, 6.07) is 7.38. The van der Waals surface area contributed by atoms with Crippen LogP contribution in [-0.2, 0) is 20.9 Å². The molecule has 1 N–H and O–H groups in total. The number of hydrogen-bond donors (Lipinski definition) is 1. The Morgan fingerprint density at radius 2 is 1.81 bits per heavy atom. The summed E-state index contributed by atoms with van der Waals surface area (Å²) in [6.45, 7) is 3.42. The second-order valence-corrected chi connectivity index (χ2v) is 7.66. The van der Waals surface area contributed by atoms with Gasteiger partial charge in [0.25, 0.3) is 0 Å². The maximum Gasteiger partial charge on any atom is 0.399 e. The Hall–Kier alpha value is -2.51. The van der Waals surface area contributed by atoms with E-state index in [-0.39, 0.29) is 22.2 Å². The van der Waals surface area contributed by atoms with Gasteiger partial charge in [0.15, 0.2) is 0 Å². The van der Waals surface area contributed by atoms with Crippen molar-refractivity contribution in [3.8, 4) is 0 Å². The highest BCUT2D eigenvalue weighted by molar-refractivity contribution is 6.33. The van der Waals surface area contributed by atoms with Crippen LogP contribution in [0.15, 0.2) is 36.4 Å². The molecule has 0 aromatic heterocycles. The van der Waals surface area contributed by atoms with Crippen LogP contribution < -0.4 is 5.32 Å². The van der Waals surface area contributed by atoms with Crippen molar-refractivity contribution in [1.82, 2.24) is 5.32 Å². The molecule has 2 aromatic rings. The van der Waals surface area contributed by atoms with E-state index in [4.69, 9.17) is 23.2 Å². The third kappa shape index (κ3) is 6.48. The monoisotopic (exact) mass is 473 g/mol. The molecule has 1 atom stereocenters. The number of ether oxygens (including phenoxy) is 1. The van der Waals surface area contributed by atoms with Crippen molar-refractivity contribution in [3.63, 3.8) is 0 Å². The quantitative estimate of drug-likeness (QED) is 0.443. The third-order valence-corrected chi connectivity index (χ3v) is 5.45. The van der Waals surface area contributed by atoms with Gasteiger partial charge in [-0.1, -0.05) is 53.6 Å². The number of nitrogens with one attached hydrogen (secondary N) is 1. The number of methoxy groups -OCH3 is 1. The van der Waals surface area contributed by atoms with E-state index < -0.39 is 24.0 Å². The first-order chi connectivity index (χ1) is 14.4. The first kappa shape index (κ1) is 24.8. The van der Waals surface area contributed by atoms with E-state index in [1.165, 1.54) is 24.3 Å². The van der Waals surface area contributed by atoms with Gasteiger partial charge in [-0.25, -0.2) is 4.79 Å². The highest BCUT2D eigenvalue weighted by atomic mass is 35.5. The van der Waals surface area contributed by atoms with Crippen LogP contribution in [0, 0.1) is 13.8 Å². The minimum absolute atomic E-state index is 0.0386. The molecule has 0 saturated carbocycles. The first-order valence-corrected chi connectivity index (χ1v) is 9.85. The van der Waals surface area contributed by atoms with Gasteiger partial charge in [-0.05, 0) is 53.8 Å². The number of alkyl halides is 3. The summed E-state index contributed by atoms with van der Waals surface area (Å²) in [7, 11) is 1.08. The zero-order valence-corrected chi connectivity index (χ0v) is 18.5. The number of carbonyl (C=O) groups excluding carboxylic acids is 2. The highest BCUT2D eigenvalue weighted by Crippen LogP contribution is 2.38. The predicted molar refractivity (Wildman–Crippen MR) is 114 cm³/mol. The van der Waals surface area contributed by atoms with Gasteiger partial charge in [-0.3, -0.25) is 4.79 Å². The van der Waals surface area contributed by atoms with Crippen LogP contribution in [0.2, 0.25) is 10.0 Å². The lowest BCUT2D eigenvalue weighted by molar-refractivity contribution is -0.152. The summed E-state index contributed by atoms with van der Waals surface area (Å²) < 4.78 is 45.4. The van der Waals surface area contributed by atoms with Crippen LogP contribution in [0.5, 0.6) is 0 Å². The Kier molecular flexibility index (Phi) is 8.14. The molecule has 1 unspecified atom stereocenters. The molecule has 0 heterocycles. The van der Waals surface area contributed by atoms with Crippen molar-refractivity contribution in [1.29, 1.82) is 0 Å². The molecule has 4 nitrogen and oxygen atoms in total. The van der Waals surface area contributed by atoms with E-state index in [1.54, 1.807) is 26.0 Å². The maximum absolute atomic E-state index is 13.7. The Labute approximate surface area is 188 Å². The fraction of sp³-hybridized carbons (Fsp3) is 0.273. The van der Waals surface area contributed by atoms with Gasteiger partial charge in [0, 0.05) is 16.6 Å². The fourth-order valence-corrected chi connectivity index (χ4v) is 3.32. The van der Waals surface area contributed by atoms with Gasteiger partial charge in [-0.2, -0.15) is 13.2 Å². The van der Waals surface area contributed by atoms with Crippen LogP contribution in [0.1, 0.15) is 33.7 Å². The Bertz CT molecular complexity index is 997. The number of hydrogen-bond acceptors (Lipinski definition) is 3. The molecule has 0 aliphatic heterocycles. The largest absolute Gasteiger partial charge is 0.462 e. The standard InChI is InChI=1S/C22H20Cl2F3NO3/c1-12-8-16(10-18(23)13(12)2)17(22(25,26)27)7-5-14-4-6-15(19(24)9-14)11-28-20(29)21(30)31-3/h4-10,17H,11H2,1-3H3,(H,28,29)/b7-5+. The van der Waals surface area contributed by atoms with Gasteiger partial charge >= 0.3 is 18.1 Å². The van der Waals surface area contributed by atoms with E-state index >= 15 is 0 Å². The highest BCUT2D eigenvalue weighted by Gasteiger charge is 2.39. The van der Waals surface area contributed by atoms with Crippen molar-refractivity contribution in [2.24, 2.45) is 0 Å². The van der Waals surface area contributed by atoms with E-state index in [1.807, 2.05) is 0 Å². The summed E-state index contributed by atoms with van der Waals surface area (Å²) in [5.41, 5.74) is 2.38. The number of halogens is 5. The first-order valence-electron chi connectivity index (χ1n) is 9.10. The lowest BCUT2D eigenvalue weighted by atomic mass is 9.94. The van der Waals surface area contributed by atoms with E-state index in [0.29, 0.717) is 16.7 Å². The molecule has 0 fully saturated rings. The second kappa shape index (κ2) is 10.2. The van der Waals surface area contributed by atoms with Crippen molar-refractivity contribution in [2.45, 2.75) is 32.5 Å². The Balaban J connectivity index is 2.24. The smallest absolute Gasteiger partial charge is 0.399 e. The third-order valence-electron chi connectivity index (χ3n) is 4.71. The summed E-state index contributed by atoms with van der Waals surface area (Å²) in [5, 5.41) is 2.84. The SMILES string of the molecule is COC(=O)C(=O)NCc1ccc(/C=C/C(c2cc(C)c(C)c(Cl)c2)C(F)(F)F)cc1Cl. The number of aryl methyl sites for hydroxylation is 1. The molecule has 0 radical (unpaired) electrons. The lowest BCUT2D eigenvalue weighted by Crippen LogP contribution is -2.31. The second-order valence-electron chi connectivity index (χ2n) is 6.85. The molecule has 166 valence electrons. The van der Waals surface area contributed by atoms with E-state index in [0.717, 1.165) is 18.7 Å². The number of benzene rings is 2. The topological polar surface area (TPSA) is 55.4 Å². The molecule has 0 aliphatic rings. The van der Waals surface area contributed by atoms with Gasteiger partial charge in [0.1, 0.15) is 0 Å². The molecule has 0 aliphatic carbocycles. The predicted octanol–water partition coefficient (Wildman–Crippen LogP) is 5.76. The lowest BCUT2D eigenvalue weighted by Gasteiger charge is -2.19. The summed E-state index contributed by atoms with van der Waals surface area (Å²) in [5.74, 6) is -3.81. The molecule has 1 amide bonds. The molecule has 0 saturated heterocycles. The van der Waals surface area contributed by atoms with E-state index in [9.17, 15) is 22.8 Å². The van der Waals surface area contributed by atoms with Crippen LogP contribution in [0.25, 0.3) is 6.08 Å². The molecule has 0 spiro atoms. The summed E-state index contributed by atoms with van der Waals surface area (Å²) in [6.07, 6.45) is -2.14. The van der Waals surface area contributed by atoms with Crippen molar-refractivity contribution < 1.29 is 27.5 Å². The zero-order chi connectivity index (χ0) is 23.3. The number of amides is 1. The Morgan fingerprint density at radius 1 is 1.13 bits per heavy atom.